The number of ether oxygens (including phenoxy) is 8. The average Bonchev–Trinajstić information content (AvgIpc) is 1.49. The summed E-state index contributed by atoms with van der Waals surface area (Å²) in [6.45, 7) is 7.48. The lowest BCUT2D eigenvalue weighted by atomic mass is 9.51. The maximum absolute atomic E-state index is 15.1. The zero-order chi connectivity index (χ0) is 82.2. The van der Waals surface area contributed by atoms with Crippen LogP contribution in [-0.4, -0.2) is 249 Å². The topological polar surface area (TPSA) is 453 Å². The minimum atomic E-state index is -4.99. The summed E-state index contributed by atoms with van der Waals surface area (Å²) in [6, 6.07) is 22.2. The van der Waals surface area contributed by atoms with Gasteiger partial charge in [0.1, 0.15) is 24.1 Å². The van der Waals surface area contributed by atoms with Crippen LogP contribution in [0.15, 0.2) is 102 Å². The van der Waals surface area contributed by atoms with Crippen LogP contribution in [-0.2, 0) is 84.6 Å². The molecule has 1 aromatic heterocycles. The zero-order valence-corrected chi connectivity index (χ0v) is 66.6. The van der Waals surface area contributed by atoms with Crippen LogP contribution in [0.3, 0.4) is 0 Å². The van der Waals surface area contributed by atoms with Gasteiger partial charge in [0, 0.05) is 124 Å². The van der Waals surface area contributed by atoms with Gasteiger partial charge in [-0.15, -0.1) is 11.6 Å². The third kappa shape index (κ3) is 24.4. The van der Waals surface area contributed by atoms with Gasteiger partial charge in [0.2, 0.25) is 44.5 Å². The van der Waals surface area contributed by atoms with Crippen molar-refractivity contribution >= 4 is 122 Å². The molecule has 3 aliphatic rings. The highest BCUT2D eigenvalue weighted by Crippen LogP contribution is 2.60. The fourth-order valence-electron chi connectivity index (χ4n) is 13.7. The number of alkyl halides is 1. The summed E-state index contributed by atoms with van der Waals surface area (Å²) in [7, 11) is -5.53. The minimum Gasteiger partial charge on any atom is -0.445 e. The van der Waals surface area contributed by atoms with E-state index in [1.807, 2.05) is 38.1 Å². The van der Waals surface area contributed by atoms with Gasteiger partial charge < -0.3 is 94.3 Å². The Bertz CT molecular complexity index is 4560. The lowest BCUT2D eigenvalue weighted by Gasteiger charge is -2.54. The molecule has 3 heterocycles. The van der Waals surface area contributed by atoms with Gasteiger partial charge in [-0.25, -0.2) is 37.3 Å². The average molecular weight is 1650 g/mol. The molecule has 2 aliphatic heterocycles. The molecule has 2 atom stereocenters. The number of nitrogens with zero attached hydrogens (tertiary/aromatic N) is 6. The number of hydrogen-bond acceptors (Lipinski definition) is 23. The van der Waals surface area contributed by atoms with Gasteiger partial charge >= 0.3 is 26.0 Å². The second kappa shape index (κ2) is 41.5. The van der Waals surface area contributed by atoms with Gasteiger partial charge in [-0.05, 0) is 78.1 Å². The van der Waals surface area contributed by atoms with Crippen molar-refractivity contribution in [3.63, 3.8) is 0 Å². The largest absolute Gasteiger partial charge is 0.524 e. The predicted molar refractivity (Wildman–Crippen MR) is 418 cm³/mol. The third-order valence-corrected chi connectivity index (χ3v) is 21.1. The van der Waals surface area contributed by atoms with Crippen molar-refractivity contribution in [2.75, 3.05) is 166 Å². The van der Waals surface area contributed by atoms with E-state index in [0.29, 0.717) is 111 Å². The first-order chi connectivity index (χ1) is 54.5. The number of fused-ring (bicyclic) bond motifs is 6. The standard InChI is InChI=1S/C76H98ClN12O23PS/c1-6-76(48-75(2,49-76)69(94)89-46-51(42-77)66-58-15-10-9-14-57(58)63(41-61(66)89)112-113(99,100)101)70(95)88-25-21-55-54-12-7-8-13-56(54)62(40-60(55)88)111-74(98)87(4)27-26-86(3)73(97)110-47-50-17-19-53(20-18-50)84-68(93)59(16-11-23-80-71(78)96)85-65(91)45-81-64(90)22-28-104-30-32-106-34-36-108-38-39-109-37-35-107-33-31-105-29-24-79-67(92)52-43-82-72(83-44-52)114(5,102)103/h7-10,12-15,17-20,40-41,43-44,51,59H,6,11,16,21-39,42,45-49H2,1-5H3,(H,79,92)(H,81,90)(H,84,93)(H,85,91)(H3,78,80,96)(H2,99,100,101)/t51-,59+,75?,76?/m1/s1. The number of amides is 10. The van der Waals surface area contributed by atoms with E-state index in [-0.39, 0.29) is 144 Å². The van der Waals surface area contributed by atoms with E-state index >= 15 is 4.79 Å². The van der Waals surface area contributed by atoms with E-state index in [4.69, 9.17) is 59.8 Å². The number of nitrogens with two attached hydrogens (primary N) is 1. The quantitative estimate of drug-likeness (QED) is 0.00981. The number of benzene rings is 5. The number of urea groups is 1. The maximum Gasteiger partial charge on any atom is 0.524 e. The number of likely N-dealkylation sites (N-methyl/N-ethyl adjacent to an activating group) is 2. The summed E-state index contributed by atoms with van der Waals surface area (Å²) in [6.07, 6.45) is 3.53. The second-order valence-electron chi connectivity index (χ2n) is 27.9. The first kappa shape index (κ1) is 88.2. The molecule has 0 unspecified atom stereocenters. The summed E-state index contributed by atoms with van der Waals surface area (Å²) >= 11 is 6.54. The lowest BCUT2D eigenvalue weighted by Crippen LogP contribution is -2.60. The highest BCUT2D eigenvalue weighted by atomic mass is 35.5. The number of carbonyl (C=O) groups is 9. The SMILES string of the molecule is CCC1(C(=O)N2CCc3c2cc(OC(=O)N(C)CCN(C)C(=O)OCc2ccc(NC(=O)[C@H](CCCNC(N)=O)NC(=O)CNC(=O)CCOCCOCCOCCOCCOCCOCCNC(=O)c4cnc(S(C)(=O)=O)nc4)cc2)c2ccccc32)CC(C)(C(=O)N2C[C@@H](CCl)c3c2cc(OP(=O)(O)O)c2ccccc32)C1. The van der Waals surface area contributed by atoms with Crippen LogP contribution in [0.25, 0.3) is 21.5 Å². The molecule has 0 spiro atoms. The van der Waals surface area contributed by atoms with Crippen molar-refractivity contribution in [1.82, 2.24) is 41.0 Å². The maximum atomic E-state index is 15.1. The van der Waals surface area contributed by atoms with E-state index in [1.165, 1.54) is 30.0 Å². The molecular formula is C76H98ClN12O23PS. The van der Waals surface area contributed by atoms with E-state index in [9.17, 15) is 61.1 Å². The highest BCUT2D eigenvalue weighted by molar-refractivity contribution is 7.90. The van der Waals surface area contributed by atoms with E-state index in [0.717, 1.165) is 35.2 Å². The molecule has 9 rings (SSSR count). The Balaban J connectivity index is 0.638. The molecule has 0 radical (unpaired) electrons. The summed E-state index contributed by atoms with van der Waals surface area (Å²) in [5, 5.41) is 15.2. The second-order valence-corrected chi connectivity index (χ2v) is 31.2. The van der Waals surface area contributed by atoms with Crippen LogP contribution in [0.4, 0.5) is 31.4 Å². The van der Waals surface area contributed by atoms with Crippen molar-refractivity contribution in [2.45, 2.75) is 82.5 Å². The molecule has 6 aromatic rings. The smallest absolute Gasteiger partial charge is 0.445 e. The normalized spacial score (nSPS) is 16.6. The molecule has 1 fully saturated rings. The van der Waals surface area contributed by atoms with Crippen LogP contribution in [0.2, 0.25) is 0 Å². The number of phosphoric acid groups is 1. The van der Waals surface area contributed by atoms with Crippen LogP contribution < -0.4 is 51.4 Å². The monoisotopic (exact) mass is 1640 g/mol. The number of primary amides is 1. The van der Waals surface area contributed by atoms with Crippen LogP contribution in [0.1, 0.15) is 85.3 Å². The number of nitrogens with one attached hydrogen (secondary N) is 5. The molecule has 1 aliphatic carbocycles. The van der Waals surface area contributed by atoms with Crippen LogP contribution >= 0.6 is 19.4 Å². The Morgan fingerprint density at radius 2 is 1.25 bits per heavy atom. The number of hydrogen-bond donors (Lipinski definition) is 8. The van der Waals surface area contributed by atoms with Crippen LogP contribution in [0.5, 0.6) is 11.5 Å². The summed E-state index contributed by atoms with van der Waals surface area (Å²) in [4.78, 5) is 153. The van der Waals surface area contributed by atoms with Crippen molar-refractivity contribution in [3.05, 3.63) is 120 Å². The number of phosphoric ester groups is 1. The fourth-order valence-corrected chi connectivity index (χ4v) is 14.8. The van der Waals surface area contributed by atoms with Gasteiger partial charge in [-0.2, -0.15) is 0 Å². The molecule has 0 bridgehead atoms. The third-order valence-electron chi connectivity index (χ3n) is 19.4. The van der Waals surface area contributed by atoms with Gasteiger partial charge in [-0.1, -0.05) is 74.5 Å². The molecule has 5 aromatic carbocycles. The van der Waals surface area contributed by atoms with Crippen molar-refractivity contribution in [2.24, 2.45) is 16.6 Å². The Hall–Kier alpha value is -9.72. The number of anilines is 3. The van der Waals surface area contributed by atoms with E-state index in [1.54, 1.807) is 64.4 Å². The molecule has 0 saturated heterocycles. The van der Waals surface area contributed by atoms with Gasteiger partial charge in [0.25, 0.3) is 5.91 Å². The molecule has 10 amide bonds. The number of halogens is 1. The first-order valence-electron chi connectivity index (χ1n) is 37.1. The zero-order valence-electron chi connectivity index (χ0n) is 64.2. The minimum absolute atomic E-state index is 0.0366. The number of aromatic nitrogens is 2. The van der Waals surface area contributed by atoms with E-state index in [2.05, 4.69) is 36.6 Å². The summed E-state index contributed by atoms with van der Waals surface area (Å²) < 4.78 is 84.8. The fraction of sp³-hybridized carbons (Fsp3) is 0.487. The molecule has 618 valence electrons. The number of rotatable bonds is 44. The van der Waals surface area contributed by atoms with E-state index < -0.39 is 82.9 Å². The van der Waals surface area contributed by atoms with Gasteiger partial charge in [-0.3, -0.25) is 38.6 Å². The Kier molecular flexibility index (Phi) is 32.1. The number of carbonyl (C=O) groups excluding carboxylic acids is 9. The van der Waals surface area contributed by atoms with Gasteiger partial charge in [0.15, 0.2) is 0 Å². The van der Waals surface area contributed by atoms with Crippen LogP contribution in [0, 0.1) is 10.8 Å². The molecule has 114 heavy (non-hydrogen) atoms. The van der Waals surface area contributed by atoms with Crippen molar-refractivity contribution < 1.29 is 108 Å². The highest BCUT2D eigenvalue weighted by Gasteiger charge is 2.62. The molecule has 35 nitrogen and oxygen atoms in total. The van der Waals surface area contributed by atoms with Crippen molar-refractivity contribution in [1.29, 1.82) is 0 Å². The molecule has 1 saturated carbocycles. The Morgan fingerprint density at radius 1 is 0.693 bits per heavy atom. The Labute approximate surface area is 664 Å². The Morgan fingerprint density at radius 3 is 1.83 bits per heavy atom. The van der Waals surface area contributed by atoms with Crippen molar-refractivity contribution in [3.8, 4) is 11.5 Å². The first-order valence-corrected chi connectivity index (χ1v) is 41.1. The number of sulfone groups is 1. The summed E-state index contributed by atoms with van der Waals surface area (Å²) in [5.41, 5.74) is 7.04. The lowest BCUT2D eigenvalue weighted by molar-refractivity contribution is -0.153. The molecule has 38 heteroatoms. The summed E-state index contributed by atoms with van der Waals surface area (Å²) in [5.74, 6) is -2.55. The molecular weight excluding hydrogens is 1550 g/mol. The van der Waals surface area contributed by atoms with Gasteiger partial charge in [0.05, 0.1) is 108 Å². The molecule has 9 N–H and O–H groups in total. The predicted octanol–water partition coefficient (Wildman–Crippen LogP) is 5.72.